The molecule has 3 rings (SSSR count). The molecule has 3 heteroatoms. The predicted octanol–water partition coefficient (Wildman–Crippen LogP) is 2.87. The number of fused-ring (bicyclic) bond motifs is 3. The quantitative estimate of drug-likeness (QED) is 0.615. The molecule has 0 fully saturated rings. The first-order valence-electron chi connectivity index (χ1n) is 5.72. The molecule has 0 atom stereocenters. The van der Waals surface area contributed by atoms with Crippen LogP contribution in [0.25, 0.3) is 11.3 Å². The molecule has 17 heavy (non-hydrogen) atoms. The third kappa shape index (κ3) is 1.71. The molecule has 0 amide bonds. The molecule has 0 bridgehead atoms. The lowest BCUT2D eigenvalue weighted by atomic mass is 10.0. The summed E-state index contributed by atoms with van der Waals surface area (Å²) in [6.07, 6.45) is 3.55. The van der Waals surface area contributed by atoms with Crippen molar-refractivity contribution in [3.8, 4) is 11.3 Å². The minimum atomic E-state index is -0.495. The molecule has 0 saturated heterocycles. The van der Waals surface area contributed by atoms with Gasteiger partial charge in [-0.05, 0) is 24.1 Å². The Bertz CT molecular complexity index is 578. The summed E-state index contributed by atoms with van der Waals surface area (Å²) in [4.78, 5) is 0. The van der Waals surface area contributed by atoms with E-state index in [0.29, 0.717) is 12.0 Å². The van der Waals surface area contributed by atoms with E-state index in [1.807, 2.05) is 29.0 Å². The Kier molecular flexibility index (Phi) is 2.39. The Morgan fingerprint density at radius 2 is 2.00 bits per heavy atom. The highest BCUT2D eigenvalue weighted by atomic mass is 19.1. The Balaban J connectivity index is 2.32. The average Bonchev–Trinajstić information content (AvgIpc) is 2.47. The Morgan fingerprint density at radius 1 is 1.12 bits per heavy atom. The van der Waals surface area contributed by atoms with Crippen LogP contribution in [-0.4, -0.2) is 0 Å². The van der Waals surface area contributed by atoms with Crippen molar-refractivity contribution < 1.29 is 13.3 Å². The molecule has 1 aliphatic heterocycles. The van der Waals surface area contributed by atoms with Crippen molar-refractivity contribution >= 4 is 0 Å². The molecule has 0 unspecified atom stereocenters. The van der Waals surface area contributed by atoms with Crippen LogP contribution >= 0.6 is 0 Å². The number of halogens is 2. The molecule has 1 aromatic heterocycles. The SMILES string of the molecule is Fc1cc(F)c2c(c1)CCC[n+]1ccccc1-2. The molecule has 2 heterocycles. The molecule has 0 aliphatic carbocycles. The van der Waals surface area contributed by atoms with E-state index < -0.39 is 11.6 Å². The fourth-order valence-corrected chi connectivity index (χ4v) is 2.45. The van der Waals surface area contributed by atoms with Crippen molar-refractivity contribution in [3.63, 3.8) is 0 Å². The van der Waals surface area contributed by atoms with Crippen LogP contribution in [0, 0.1) is 11.6 Å². The largest absolute Gasteiger partial charge is 0.215 e. The summed E-state index contributed by atoms with van der Waals surface area (Å²) < 4.78 is 29.2. The van der Waals surface area contributed by atoms with Crippen molar-refractivity contribution in [2.75, 3.05) is 0 Å². The van der Waals surface area contributed by atoms with E-state index in [0.717, 1.165) is 30.3 Å². The van der Waals surface area contributed by atoms with E-state index in [4.69, 9.17) is 0 Å². The summed E-state index contributed by atoms with van der Waals surface area (Å²) >= 11 is 0. The topological polar surface area (TPSA) is 3.88 Å². The Morgan fingerprint density at radius 3 is 2.88 bits per heavy atom. The second-order valence-electron chi connectivity index (χ2n) is 4.30. The normalized spacial score (nSPS) is 13.8. The number of hydrogen-bond donors (Lipinski definition) is 0. The smallest absolute Gasteiger partial charge is 0.207 e. The first-order valence-corrected chi connectivity index (χ1v) is 5.72. The molecule has 1 aromatic carbocycles. The molecule has 2 aromatic rings. The van der Waals surface area contributed by atoms with Crippen LogP contribution in [0.5, 0.6) is 0 Å². The molecule has 1 nitrogen and oxygen atoms in total. The summed E-state index contributed by atoms with van der Waals surface area (Å²) in [5.41, 5.74) is 2.14. The molecule has 1 aliphatic rings. The molecular weight excluding hydrogens is 220 g/mol. The Hall–Kier alpha value is -1.77. The lowest BCUT2D eigenvalue weighted by Crippen LogP contribution is -2.35. The van der Waals surface area contributed by atoms with E-state index in [1.54, 1.807) is 0 Å². The summed E-state index contributed by atoms with van der Waals surface area (Å²) in [5, 5.41) is 0. The van der Waals surface area contributed by atoms with E-state index in [9.17, 15) is 8.78 Å². The van der Waals surface area contributed by atoms with E-state index >= 15 is 0 Å². The number of aromatic nitrogens is 1. The Labute approximate surface area is 98.3 Å². The molecular formula is C14H12F2N+. The number of pyridine rings is 1. The van der Waals surface area contributed by atoms with Crippen LogP contribution < -0.4 is 4.57 Å². The highest BCUT2D eigenvalue weighted by molar-refractivity contribution is 5.62. The third-order valence-electron chi connectivity index (χ3n) is 3.18. The lowest BCUT2D eigenvalue weighted by Gasteiger charge is -2.05. The predicted molar refractivity (Wildman–Crippen MR) is 60.3 cm³/mol. The zero-order chi connectivity index (χ0) is 11.8. The molecule has 0 radical (unpaired) electrons. The van der Waals surface area contributed by atoms with Gasteiger partial charge in [-0.15, -0.1) is 0 Å². The molecule has 0 N–H and O–H groups in total. The fourth-order valence-electron chi connectivity index (χ4n) is 2.45. The minimum Gasteiger partial charge on any atom is -0.207 e. The van der Waals surface area contributed by atoms with E-state index in [1.165, 1.54) is 6.07 Å². The first kappa shape index (κ1) is 10.4. The maximum atomic E-state index is 13.9. The number of benzene rings is 1. The van der Waals surface area contributed by atoms with Gasteiger partial charge in [-0.3, -0.25) is 0 Å². The first-order chi connectivity index (χ1) is 8.25. The standard InChI is InChI=1S/C14H12F2N/c15-11-8-10-4-3-7-17-6-2-1-5-13(17)14(10)12(16)9-11/h1-2,5-6,8-9H,3-4,7H2/q+1. The van der Waals surface area contributed by atoms with Crippen LogP contribution in [0.2, 0.25) is 0 Å². The van der Waals surface area contributed by atoms with E-state index in [2.05, 4.69) is 0 Å². The number of aryl methyl sites for hydroxylation is 2. The van der Waals surface area contributed by atoms with E-state index in [-0.39, 0.29) is 0 Å². The van der Waals surface area contributed by atoms with Crippen LogP contribution in [-0.2, 0) is 13.0 Å². The zero-order valence-electron chi connectivity index (χ0n) is 9.29. The van der Waals surface area contributed by atoms with Gasteiger partial charge in [0, 0.05) is 24.6 Å². The summed E-state index contributed by atoms with van der Waals surface area (Å²) in [7, 11) is 0. The van der Waals surface area contributed by atoms with Crippen LogP contribution in [0.3, 0.4) is 0 Å². The minimum absolute atomic E-state index is 0.471. The van der Waals surface area contributed by atoms with Gasteiger partial charge in [0.15, 0.2) is 6.20 Å². The van der Waals surface area contributed by atoms with Gasteiger partial charge in [0.2, 0.25) is 5.69 Å². The van der Waals surface area contributed by atoms with Gasteiger partial charge in [0.1, 0.15) is 18.2 Å². The summed E-state index contributed by atoms with van der Waals surface area (Å²) in [5.74, 6) is -0.965. The maximum Gasteiger partial charge on any atom is 0.215 e. The van der Waals surface area contributed by atoms with Gasteiger partial charge in [-0.25, -0.2) is 8.78 Å². The van der Waals surface area contributed by atoms with Crippen molar-refractivity contribution in [2.45, 2.75) is 19.4 Å². The van der Waals surface area contributed by atoms with Crippen LogP contribution in [0.15, 0.2) is 36.5 Å². The van der Waals surface area contributed by atoms with Gasteiger partial charge in [0.25, 0.3) is 0 Å². The fraction of sp³-hybridized carbons (Fsp3) is 0.214. The zero-order valence-corrected chi connectivity index (χ0v) is 9.29. The molecule has 86 valence electrons. The number of rotatable bonds is 0. The van der Waals surface area contributed by atoms with Gasteiger partial charge < -0.3 is 0 Å². The van der Waals surface area contributed by atoms with Crippen LogP contribution in [0.4, 0.5) is 8.78 Å². The molecule has 0 saturated carbocycles. The average molecular weight is 232 g/mol. The maximum absolute atomic E-state index is 13.9. The van der Waals surface area contributed by atoms with Crippen molar-refractivity contribution in [2.24, 2.45) is 0 Å². The second kappa shape index (κ2) is 3.91. The highest BCUT2D eigenvalue weighted by Gasteiger charge is 2.24. The van der Waals surface area contributed by atoms with Gasteiger partial charge in [0.05, 0.1) is 5.56 Å². The van der Waals surface area contributed by atoms with Gasteiger partial charge >= 0.3 is 0 Å². The van der Waals surface area contributed by atoms with Crippen molar-refractivity contribution in [1.82, 2.24) is 0 Å². The van der Waals surface area contributed by atoms with Gasteiger partial charge in [-0.1, -0.05) is 0 Å². The van der Waals surface area contributed by atoms with Crippen LogP contribution in [0.1, 0.15) is 12.0 Å². The van der Waals surface area contributed by atoms with Crippen molar-refractivity contribution in [1.29, 1.82) is 0 Å². The number of nitrogens with zero attached hydrogens (tertiary/aromatic N) is 1. The number of hydrogen-bond acceptors (Lipinski definition) is 0. The lowest BCUT2D eigenvalue weighted by molar-refractivity contribution is -0.686. The molecule has 0 spiro atoms. The summed E-state index contributed by atoms with van der Waals surface area (Å²) in [6, 6.07) is 8.09. The third-order valence-corrected chi connectivity index (χ3v) is 3.18. The second-order valence-corrected chi connectivity index (χ2v) is 4.30. The van der Waals surface area contributed by atoms with Gasteiger partial charge in [-0.2, -0.15) is 4.57 Å². The highest BCUT2D eigenvalue weighted by Crippen LogP contribution is 2.28. The van der Waals surface area contributed by atoms with Crippen molar-refractivity contribution in [3.05, 3.63) is 53.7 Å². The monoisotopic (exact) mass is 232 g/mol. The summed E-state index contributed by atoms with van der Waals surface area (Å²) in [6.45, 7) is 0.839.